The molecule has 0 aliphatic carbocycles. The summed E-state index contributed by atoms with van der Waals surface area (Å²) in [4.78, 5) is 29.5. The van der Waals surface area contributed by atoms with Gasteiger partial charge in [-0.25, -0.2) is 0 Å². The van der Waals surface area contributed by atoms with E-state index < -0.39 is 0 Å². The van der Waals surface area contributed by atoms with Crippen LogP contribution in [0.15, 0.2) is 83.5 Å². The molecule has 0 fully saturated rings. The minimum atomic E-state index is -0.130. The highest BCUT2D eigenvalue weighted by Crippen LogP contribution is 2.12. The van der Waals surface area contributed by atoms with Crippen LogP contribution >= 0.6 is 0 Å². The van der Waals surface area contributed by atoms with Crippen molar-refractivity contribution < 1.29 is 18.7 Å². The van der Waals surface area contributed by atoms with Crippen molar-refractivity contribution in [3.05, 3.63) is 95.9 Å². The van der Waals surface area contributed by atoms with Crippen molar-refractivity contribution in [2.45, 2.75) is 25.9 Å². The lowest BCUT2D eigenvalue weighted by molar-refractivity contribution is -0.141. The van der Waals surface area contributed by atoms with Gasteiger partial charge in [0.25, 0.3) is 0 Å². The molecule has 6 nitrogen and oxygen atoms in total. The van der Waals surface area contributed by atoms with Crippen LogP contribution in [0, 0.1) is 0 Å². The van der Waals surface area contributed by atoms with Gasteiger partial charge in [-0.05, 0) is 29.7 Å². The summed E-state index contributed by atoms with van der Waals surface area (Å²) in [6, 6.07) is 23.3. The van der Waals surface area contributed by atoms with Gasteiger partial charge in [0.15, 0.2) is 0 Å². The maximum absolute atomic E-state index is 13.3. The minimum Gasteiger partial charge on any atom is -0.467 e. The summed E-state index contributed by atoms with van der Waals surface area (Å²) in [5.41, 5.74) is 2.12. The molecule has 0 saturated carbocycles. The first-order valence-electron chi connectivity index (χ1n) is 10.8. The van der Waals surface area contributed by atoms with E-state index in [4.69, 9.17) is 9.15 Å². The fourth-order valence-corrected chi connectivity index (χ4v) is 3.44. The molecule has 168 valence electrons. The van der Waals surface area contributed by atoms with Gasteiger partial charge in [-0.3, -0.25) is 9.59 Å². The molecule has 0 unspecified atom stereocenters. The van der Waals surface area contributed by atoms with Crippen LogP contribution in [0.5, 0.6) is 0 Å². The molecular formula is C26H30N2O4. The lowest BCUT2D eigenvalue weighted by atomic mass is 10.1. The van der Waals surface area contributed by atoms with E-state index in [1.165, 1.54) is 0 Å². The molecule has 0 aliphatic rings. The third-order valence-corrected chi connectivity index (χ3v) is 5.21. The van der Waals surface area contributed by atoms with Crippen molar-refractivity contribution in [1.82, 2.24) is 9.80 Å². The minimum absolute atomic E-state index is 0.00449. The number of rotatable bonds is 12. The van der Waals surface area contributed by atoms with Gasteiger partial charge in [0.05, 0.1) is 26.0 Å². The molecule has 32 heavy (non-hydrogen) atoms. The van der Waals surface area contributed by atoms with E-state index >= 15 is 0 Å². The SMILES string of the molecule is COCCN(CC(=O)N(Cc1ccccc1)Cc1ccco1)C(=O)CCc1ccccc1. The number of amides is 2. The molecular weight excluding hydrogens is 404 g/mol. The largest absolute Gasteiger partial charge is 0.467 e. The molecule has 1 heterocycles. The summed E-state index contributed by atoms with van der Waals surface area (Å²) in [5.74, 6) is 0.513. The molecule has 3 aromatic rings. The highest BCUT2D eigenvalue weighted by molar-refractivity contribution is 5.85. The predicted octanol–water partition coefficient (Wildman–Crippen LogP) is 3.92. The normalized spacial score (nSPS) is 10.7. The smallest absolute Gasteiger partial charge is 0.242 e. The fourth-order valence-electron chi connectivity index (χ4n) is 3.44. The third-order valence-electron chi connectivity index (χ3n) is 5.21. The molecule has 1 aromatic heterocycles. The Hall–Kier alpha value is -3.38. The zero-order chi connectivity index (χ0) is 22.6. The number of hydrogen-bond acceptors (Lipinski definition) is 4. The first-order chi connectivity index (χ1) is 15.7. The summed E-state index contributed by atoms with van der Waals surface area (Å²) in [6.45, 7) is 1.54. The second-order valence-corrected chi connectivity index (χ2v) is 7.61. The van der Waals surface area contributed by atoms with Gasteiger partial charge >= 0.3 is 0 Å². The topological polar surface area (TPSA) is 63.0 Å². The van der Waals surface area contributed by atoms with E-state index in [1.54, 1.807) is 29.2 Å². The molecule has 2 aromatic carbocycles. The lowest BCUT2D eigenvalue weighted by Crippen LogP contribution is -2.43. The number of aryl methyl sites for hydroxylation is 1. The number of hydrogen-bond donors (Lipinski definition) is 0. The van der Waals surface area contributed by atoms with Crippen molar-refractivity contribution >= 4 is 11.8 Å². The zero-order valence-electron chi connectivity index (χ0n) is 18.5. The first-order valence-corrected chi connectivity index (χ1v) is 10.8. The Labute approximate surface area is 189 Å². The molecule has 2 amide bonds. The second-order valence-electron chi connectivity index (χ2n) is 7.61. The summed E-state index contributed by atoms with van der Waals surface area (Å²) >= 11 is 0. The Morgan fingerprint density at radius 3 is 2.12 bits per heavy atom. The fraction of sp³-hybridized carbons (Fsp3) is 0.308. The molecule has 0 atom stereocenters. The highest BCUT2D eigenvalue weighted by atomic mass is 16.5. The monoisotopic (exact) mass is 434 g/mol. The molecule has 3 rings (SSSR count). The number of carbonyl (C=O) groups excluding carboxylic acids is 2. The average molecular weight is 435 g/mol. The maximum atomic E-state index is 13.3. The number of carbonyl (C=O) groups is 2. The Balaban J connectivity index is 1.67. The van der Waals surface area contributed by atoms with Gasteiger partial charge in [0, 0.05) is 26.6 Å². The van der Waals surface area contributed by atoms with Crippen molar-refractivity contribution in [3.63, 3.8) is 0 Å². The number of benzene rings is 2. The molecule has 0 N–H and O–H groups in total. The Kier molecular flexibility index (Phi) is 9.07. The third kappa shape index (κ3) is 7.39. The summed E-state index contributed by atoms with van der Waals surface area (Å²) in [6.07, 6.45) is 2.58. The van der Waals surface area contributed by atoms with Crippen LogP contribution in [0.4, 0.5) is 0 Å². The van der Waals surface area contributed by atoms with Crippen molar-refractivity contribution in [3.8, 4) is 0 Å². The molecule has 6 heteroatoms. The van der Waals surface area contributed by atoms with Crippen LogP contribution in [0.25, 0.3) is 0 Å². The number of nitrogens with zero attached hydrogens (tertiary/aromatic N) is 2. The van der Waals surface area contributed by atoms with Gasteiger partial charge in [0.1, 0.15) is 5.76 Å². The van der Waals surface area contributed by atoms with Crippen LogP contribution in [-0.4, -0.2) is 48.4 Å². The van der Waals surface area contributed by atoms with E-state index in [2.05, 4.69) is 0 Å². The zero-order valence-corrected chi connectivity index (χ0v) is 18.5. The van der Waals surface area contributed by atoms with Crippen molar-refractivity contribution in [2.75, 3.05) is 26.8 Å². The Morgan fingerprint density at radius 2 is 1.50 bits per heavy atom. The standard InChI is InChI=1S/C26H30N2O4/c1-31-18-16-27(25(29)15-14-22-9-4-2-5-10-22)21-26(30)28(20-24-13-8-17-32-24)19-23-11-6-3-7-12-23/h2-13,17H,14-16,18-21H2,1H3. The summed E-state index contributed by atoms with van der Waals surface area (Å²) in [5, 5.41) is 0. The van der Waals surface area contributed by atoms with Crippen molar-refractivity contribution in [2.24, 2.45) is 0 Å². The number of furan rings is 1. The van der Waals surface area contributed by atoms with E-state index in [1.807, 2.05) is 66.7 Å². The summed E-state index contributed by atoms with van der Waals surface area (Å²) in [7, 11) is 1.59. The maximum Gasteiger partial charge on any atom is 0.242 e. The van der Waals surface area contributed by atoms with Gasteiger partial charge in [-0.2, -0.15) is 0 Å². The number of ether oxygens (including phenoxy) is 1. The Bertz CT molecular complexity index is 942. The molecule has 0 saturated heterocycles. The van der Waals surface area contributed by atoms with E-state index in [0.717, 1.165) is 11.1 Å². The van der Waals surface area contributed by atoms with Crippen LogP contribution in [0.1, 0.15) is 23.3 Å². The highest BCUT2D eigenvalue weighted by Gasteiger charge is 2.22. The van der Waals surface area contributed by atoms with Crippen LogP contribution < -0.4 is 0 Å². The molecule has 0 aliphatic heterocycles. The predicted molar refractivity (Wildman–Crippen MR) is 123 cm³/mol. The average Bonchev–Trinajstić information content (AvgIpc) is 3.34. The van der Waals surface area contributed by atoms with Crippen LogP contribution in [-0.2, 0) is 33.8 Å². The molecule has 0 spiro atoms. The number of methoxy groups -OCH3 is 1. The Morgan fingerprint density at radius 1 is 0.812 bits per heavy atom. The van der Waals surface area contributed by atoms with E-state index in [-0.39, 0.29) is 18.4 Å². The van der Waals surface area contributed by atoms with Gasteiger partial charge in [-0.15, -0.1) is 0 Å². The lowest BCUT2D eigenvalue weighted by Gasteiger charge is -2.27. The summed E-state index contributed by atoms with van der Waals surface area (Å²) < 4.78 is 10.6. The van der Waals surface area contributed by atoms with E-state index in [0.29, 0.717) is 44.8 Å². The van der Waals surface area contributed by atoms with Crippen molar-refractivity contribution in [1.29, 1.82) is 0 Å². The van der Waals surface area contributed by atoms with Gasteiger partial charge in [0.2, 0.25) is 11.8 Å². The van der Waals surface area contributed by atoms with Crippen LogP contribution in [0.2, 0.25) is 0 Å². The van der Waals surface area contributed by atoms with Gasteiger partial charge < -0.3 is 19.0 Å². The molecule has 0 bridgehead atoms. The quantitative estimate of drug-likeness (QED) is 0.434. The second kappa shape index (κ2) is 12.5. The first kappa shape index (κ1) is 23.3. The van der Waals surface area contributed by atoms with E-state index in [9.17, 15) is 9.59 Å². The van der Waals surface area contributed by atoms with Crippen LogP contribution in [0.3, 0.4) is 0 Å². The van der Waals surface area contributed by atoms with Gasteiger partial charge in [-0.1, -0.05) is 60.7 Å². The molecule has 0 radical (unpaired) electrons.